The molecule has 2 nitrogen and oxygen atoms in total. The van der Waals surface area contributed by atoms with Gasteiger partial charge in [0.2, 0.25) is 0 Å². The fourth-order valence-corrected chi connectivity index (χ4v) is 2.24. The van der Waals surface area contributed by atoms with Crippen molar-refractivity contribution in [2.75, 3.05) is 18.5 Å². The highest BCUT2D eigenvalue weighted by Crippen LogP contribution is 2.25. The lowest BCUT2D eigenvalue weighted by atomic mass is 10.1. The van der Waals surface area contributed by atoms with Crippen LogP contribution in [-0.4, -0.2) is 19.3 Å². The van der Waals surface area contributed by atoms with E-state index in [1.807, 2.05) is 0 Å². The van der Waals surface area contributed by atoms with Gasteiger partial charge in [0.15, 0.2) is 0 Å². The van der Waals surface area contributed by atoms with Crippen molar-refractivity contribution in [2.24, 2.45) is 0 Å². The van der Waals surface area contributed by atoms with Crippen LogP contribution in [0.15, 0.2) is 16.6 Å². The molecule has 1 heterocycles. The molecule has 5 heteroatoms. The molecule has 1 atom stereocenters. The van der Waals surface area contributed by atoms with E-state index in [1.165, 1.54) is 6.07 Å². The van der Waals surface area contributed by atoms with Crippen molar-refractivity contribution in [1.29, 1.82) is 0 Å². The van der Waals surface area contributed by atoms with Crippen LogP contribution in [-0.2, 0) is 4.74 Å². The minimum atomic E-state index is -0.586. The Balaban J connectivity index is 2.09. The molecule has 0 radical (unpaired) electrons. The molecule has 0 amide bonds. The van der Waals surface area contributed by atoms with Crippen LogP contribution in [0, 0.1) is 11.6 Å². The van der Waals surface area contributed by atoms with E-state index in [0.29, 0.717) is 12.3 Å². The van der Waals surface area contributed by atoms with E-state index >= 15 is 0 Å². The van der Waals surface area contributed by atoms with Gasteiger partial charge in [0.05, 0.1) is 10.2 Å². The Kier molecular flexibility index (Phi) is 4.34. The standard InChI is InChI=1S/C12H14BrF2NO/c13-9-6-12(11(15)7-10(9)14)16-8-2-1-4-17-5-3-8/h6-8,16H,1-5H2. The predicted octanol–water partition coefficient (Wildman–Crippen LogP) is 3.71. The van der Waals surface area contributed by atoms with Gasteiger partial charge in [0.1, 0.15) is 11.6 Å². The van der Waals surface area contributed by atoms with E-state index in [2.05, 4.69) is 21.2 Å². The van der Waals surface area contributed by atoms with E-state index in [9.17, 15) is 8.78 Å². The fourth-order valence-electron chi connectivity index (χ4n) is 1.90. The Labute approximate surface area is 107 Å². The maximum absolute atomic E-state index is 13.5. The summed E-state index contributed by atoms with van der Waals surface area (Å²) in [5.41, 5.74) is 0.338. The van der Waals surface area contributed by atoms with Crippen LogP contribution >= 0.6 is 15.9 Å². The monoisotopic (exact) mass is 305 g/mol. The Morgan fingerprint density at radius 3 is 2.82 bits per heavy atom. The summed E-state index contributed by atoms with van der Waals surface area (Å²) in [4.78, 5) is 0. The first-order valence-corrected chi connectivity index (χ1v) is 6.45. The summed E-state index contributed by atoms with van der Waals surface area (Å²) in [7, 11) is 0. The second kappa shape index (κ2) is 5.78. The molecule has 1 saturated heterocycles. The normalized spacial score (nSPS) is 21.0. The summed E-state index contributed by atoms with van der Waals surface area (Å²) in [6.45, 7) is 1.44. The van der Waals surface area contributed by atoms with Crippen molar-refractivity contribution < 1.29 is 13.5 Å². The minimum Gasteiger partial charge on any atom is -0.381 e. The Morgan fingerprint density at radius 1 is 1.18 bits per heavy atom. The molecule has 1 aliphatic rings. The number of hydrogen-bond donors (Lipinski definition) is 1. The van der Waals surface area contributed by atoms with Gasteiger partial charge in [-0.05, 0) is 41.3 Å². The zero-order valence-corrected chi connectivity index (χ0v) is 10.9. The van der Waals surface area contributed by atoms with E-state index in [4.69, 9.17) is 4.74 Å². The van der Waals surface area contributed by atoms with Crippen molar-refractivity contribution in [3.63, 3.8) is 0 Å². The second-order valence-corrected chi connectivity index (χ2v) is 4.99. The smallest absolute Gasteiger partial charge is 0.149 e. The van der Waals surface area contributed by atoms with Gasteiger partial charge in [-0.25, -0.2) is 8.78 Å². The lowest BCUT2D eigenvalue weighted by molar-refractivity contribution is 0.144. The quantitative estimate of drug-likeness (QED) is 0.841. The molecule has 0 aromatic heterocycles. The fraction of sp³-hybridized carbons (Fsp3) is 0.500. The topological polar surface area (TPSA) is 21.3 Å². The second-order valence-electron chi connectivity index (χ2n) is 4.13. The third-order valence-corrected chi connectivity index (χ3v) is 3.43. The van der Waals surface area contributed by atoms with Gasteiger partial charge in [-0.2, -0.15) is 0 Å². The van der Waals surface area contributed by atoms with Crippen LogP contribution in [0.25, 0.3) is 0 Å². The van der Waals surface area contributed by atoms with Gasteiger partial charge in [-0.1, -0.05) is 0 Å². The van der Waals surface area contributed by atoms with Crippen molar-refractivity contribution in [3.05, 3.63) is 28.2 Å². The predicted molar refractivity (Wildman–Crippen MR) is 66.1 cm³/mol. The SMILES string of the molecule is Fc1cc(F)c(NC2CCCOCC2)cc1Br. The van der Waals surface area contributed by atoms with Crippen LogP contribution in [0.3, 0.4) is 0 Å². The average Bonchev–Trinajstić information content (AvgIpc) is 2.54. The molecule has 1 unspecified atom stereocenters. The van der Waals surface area contributed by atoms with Gasteiger partial charge in [-0.15, -0.1) is 0 Å². The number of rotatable bonds is 2. The van der Waals surface area contributed by atoms with Crippen LogP contribution in [0.4, 0.5) is 14.5 Å². The first-order valence-electron chi connectivity index (χ1n) is 5.65. The molecular formula is C12H14BrF2NO. The molecular weight excluding hydrogens is 292 g/mol. The highest BCUT2D eigenvalue weighted by molar-refractivity contribution is 9.10. The zero-order chi connectivity index (χ0) is 12.3. The molecule has 1 N–H and O–H groups in total. The molecule has 94 valence electrons. The van der Waals surface area contributed by atoms with E-state index < -0.39 is 11.6 Å². The molecule has 1 aromatic rings. The van der Waals surface area contributed by atoms with Crippen LogP contribution in [0.2, 0.25) is 0 Å². The van der Waals surface area contributed by atoms with Crippen molar-refractivity contribution in [2.45, 2.75) is 25.3 Å². The van der Waals surface area contributed by atoms with Crippen molar-refractivity contribution in [1.82, 2.24) is 0 Å². The Bertz CT molecular complexity index is 392. The number of anilines is 1. The lowest BCUT2D eigenvalue weighted by Crippen LogP contribution is -2.20. The van der Waals surface area contributed by atoms with Crippen LogP contribution < -0.4 is 5.32 Å². The highest BCUT2D eigenvalue weighted by Gasteiger charge is 2.15. The number of ether oxygens (including phenoxy) is 1. The number of halogens is 3. The van der Waals surface area contributed by atoms with E-state index in [-0.39, 0.29) is 10.5 Å². The van der Waals surface area contributed by atoms with Crippen molar-refractivity contribution in [3.8, 4) is 0 Å². The Hall–Kier alpha value is -0.680. The molecule has 0 saturated carbocycles. The zero-order valence-electron chi connectivity index (χ0n) is 9.31. The first kappa shape index (κ1) is 12.8. The molecule has 0 bridgehead atoms. The molecule has 0 spiro atoms. The van der Waals surface area contributed by atoms with Crippen LogP contribution in [0.5, 0.6) is 0 Å². The third-order valence-electron chi connectivity index (χ3n) is 2.82. The minimum absolute atomic E-state index is 0.185. The number of benzene rings is 1. The summed E-state index contributed by atoms with van der Waals surface area (Å²) in [5.74, 6) is -1.15. The number of hydrogen-bond acceptors (Lipinski definition) is 2. The summed E-state index contributed by atoms with van der Waals surface area (Å²) < 4.78 is 32.2. The Morgan fingerprint density at radius 2 is 2.00 bits per heavy atom. The highest BCUT2D eigenvalue weighted by atomic mass is 79.9. The first-order chi connectivity index (χ1) is 8.16. The maximum Gasteiger partial charge on any atom is 0.149 e. The van der Waals surface area contributed by atoms with Gasteiger partial charge in [-0.3, -0.25) is 0 Å². The molecule has 1 aliphatic heterocycles. The third kappa shape index (κ3) is 3.39. The summed E-state index contributed by atoms with van der Waals surface area (Å²) in [6, 6.07) is 2.51. The van der Waals surface area contributed by atoms with Gasteiger partial charge >= 0.3 is 0 Å². The van der Waals surface area contributed by atoms with E-state index in [0.717, 1.165) is 31.9 Å². The van der Waals surface area contributed by atoms with Gasteiger partial charge in [0, 0.05) is 25.3 Å². The van der Waals surface area contributed by atoms with Crippen molar-refractivity contribution >= 4 is 21.6 Å². The summed E-state index contributed by atoms with van der Waals surface area (Å²) in [6.07, 6.45) is 2.74. The average molecular weight is 306 g/mol. The molecule has 1 aromatic carbocycles. The van der Waals surface area contributed by atoms with Gasteiger partial charge in [0.25, 0.3) is 0 Å². The van der Waals surface area contributed by atoms with Crippen LogP contribution in [0.1, 0.15) is 19.3 Å². The molecule has 1 fully saturated rings. The summed E-state index contributed by atoms with van der Waals surface area (Å²) in [5, 5.41) is 3.11. The maximum atomic E-state index is 13.5. The largest absolute Gasteiger partial charge is 0.381 e. The molecule has 17 heavy (non-hydrogen) atoms. The van der Waals surface area contributed by atoms with E-state index in [1.54, 1.807) is 0 Å². The molecule has 2 rings (SSSR count). The lowest BCUT2D eigenvalue weighted by Gasteiger charge is -2.17. The molecule has 0 aliphatic carbocycles. The number of nitrogens with one attached hydrogen (secondary N) is 1. The summed E-state index contributed by atoms with van der Waals surface area (Å²) >= 11 is 3.05. The van der Waals surface area contributed by atoms with Gasteiger partial charge < -0.3 is 10.1 Å².